The lowest BCUT2D eigenvalue weighted by atomic mass is 10.0. The van der Waals surface area contributed by atoms with Gasteiger partial charge in [-0.05, 0) is 0 Å². The van der Waals surface area contributed by atoms with Gasteiger partial charge in [-0.15, -0.1) is 0 Å². The zero-order valence-corrected chi connectivity index (χ0v) is 6.19. The molecule has 0 spiro atoms. The summed E-state index contributed by atoms with van der Waals surface area (Å²) < 4.78 is 25.2. The Labute approximate surface area is 59.7 Å². The van der Waals surface area contributed by atoms with Crippen molar-refractivity contribution in [2.75, 3.05) is 0 Å². The van der Waals surface area contributed by atoms with Gasteiger partial charge in [0.2, 0.25) is 0 Å². The number of nitrogens with zero attached hydrogens (tertiary/aromatic N) is 1. The van der Waals surface area contributed by atoms with Crippen LogP contribution in [0.25, 0.3) is 0 Å². The van der Waals surface area contributed by atoms with E-state index in [-0.39, 0.29) is 12.8 Å². The largest absolute Gasteiger partial charge is 0.251 e. The minimum Gasteiger partial charge on any atom is -0.207 e. The lowest BCUT2D eigenvalue weighted by Crippen LogP contribution is -2.23. The number of rotatable bonds is 3. The summed E-state index contributed by atoms with van der Waals surface area (Å²) in [6, 6.07) is 1.70. The molecular formula is C7H11F2N. The maximum absolute atomic E-state index is 12.6. The molecule has 0 aromatic heterocycles. The number of halogens is 2. The Bertz CT molecular complexity index is 135. The summed E-state index contributed by atoms with van der Waals surface area (Å²) in [5.41, 5.74) is 0. The Kier molecular flexibility index (Phi) is 3.27. The third-order valence-electron chi connectivity index (χ3n) is 1.41. The molecule has 0 N–H and O–H groups in total. The van der Waals surface area contributed by atoms with Crippen molar-refractivity contribution < 1.29 is 8.78 Å². The number of hydrogen-bond acceptors (Lipinski definition) is 1. The number of hydrogen-bond donors (Lipinski definition) is 0. The van der Waals surface area contributed by atoms with Gasteiger partial charge in [-0.3, -0.25) is 0 Å². The Morgan fingerprint density at radius 3 is 2.30 bits per heavy atom. The summed E-state index contributed by atoms with van der Waals surface area (Å²) in [6.45, 7) is 2.91. The van der Waals surface area contributed by atoms with Crippen LogP contribution in [0.5, 0.6) is 0 Å². The van der Waals surface area contributed by atoms with Crippen LogP contribution in [0.1, 0.15) is 26.7 Å². The molecule has 0 unspecified atom stereocenters. The van der Waals surface area contributed by atoms with E-state index >= 15 is 0 Å². The average molecular weight is 147 g/mol. The SMILES string of the molecule is CC(C)C(F)(F)CCC#N. The lowest BCUT2D eigenvalue weighted by molar-refractivity contribution is -0.0508. The molecule has 0 fully saturated rings. The first-order chi connectivity index (χ1) is 4.50. The summed E-state index contributed by atoms with van der Waals surface area (Å²) in [6.07, 6.45) is -0.383. The molecule has 1 nitrogen and oxygen atoms in total. The van der Waals surface area contributed by atoms with Crippen LogP contribution in [-0.4, -0.2) is 5.92 Å². The topological polar surface area (TPSA) is 23.8 Å². The van der Waals surface area contributed by atoms with Gasteiger partial charge in [-0.2, -0.15) is 5.26 Å². The Balaban J connectivity index is 3.77. The minimum atomic E-state index is -2.67. The van der Waals surface area contributed by atoms with Crippen molar-refractivity contribution in [3.63, 3.8) is 0 Å². The third-order valence-corrected chi connectivity index (χ3v) is 1.41. The maximum Gasteiger partial charge on any atom is 0.251 e. The second-order valence-electron chi connectivity index (χ2n) is 2.57. The molecular weight excluding hydrogens is 136 g/mol. The molecule has 58 valence electrons. The molecule has 0 amide bonds. The molecule has 0 bridgehead atoms. The van der Waals surface area contributed by atoms with E-state index in [2.05, 4.69) is 0 Å². The molecule has 0 saturated heterocycles. The normalized spacial score (nSPS) is 11.6. The van der Waals surface area contributed by atoms with Gasteiger partial charge in [-0.1, -0.05) is 13.8 Å². The van der Waals surface area contributed by atoms with E-state index in [0.29, 0.717) is 0 Å². The average Bonchev–Trinajstić information content (AvgIpc) is 1.84. The summed E-state index contributed by atoms with van der Waals surface area (Å²) in [5, 5.41) is 8.03. The Hall–Kier alpha value is -0.650. The van der Waals surface area contributed by atoms with Crippen LogP contribution < -0.4 is 0 Å². The van der Waals surface area contributed by atoms with Gasteiger partial charge in [0, 0.05) is 18.8 Å². The van der Waals surface area contributed by atoms with E-state index in [9.17, 15) is 8.78 Å². The first-order valence-electron chi connectivity index (χ1n) is 3.25. The second-order valence-corrected chi connectivity index (χ2v) is 2.57. The number of alkyl halides is 2. The maximum atomic E-state index is 12.6. The van der Waals surface area contributed by atoms with Gasteiger partial charge >= 0.3 is 0 Å². The van der Waals surface area contributed by atoms with Crippen LogP contribution in [0.2, 0.25) is 0 Å². The zero-order valence-electron chi connectivity index (χ0n) is 6.19. The van der Waals surface area contributed by atoms with Crippen LogP contribution in [0.15, 0.2) is 0 Å². The highest BCUT2D eigenvalue weighted by Crippen LogP contribution is 2.28. The molecule has 0 saturated carbocycles. The first-order valence-corrected chi connectivity index (χ1v) is 3.25. The molecule has 0 atom stereocenters. The van der Waals surface area contributed by atoms with Crippen molar-refractivity contribution in [2.24, 2.45) is 5.92 Å². The molecule has 0 rings (SSSR count). The van der Waals surface area contributed by atoms with Crippen molar-refractivity contribution >= 4 is 0 Å². The van der Waals surface area contributed by atoms with Gasteiger partial charge < -0.3 is 0 Å². The quantitative estimate of drug-likeness (QED) is 0.601. The van der Waals surface area contributed by atoms with Crippen LogP contribution in [-0.2, 0) is 0 Å². The summed E-state index contributed by atoms with van der Waals surface area (Å²) in [4.78, 5) is 0. The Morgan fingerprint density at radius 2 is 2.00 bits per heavy atom. The van der Waals surface area contributed by atoms with E-state index < -0.39 is 11.8 Å². The molecule has 3 heteroatoms. The van der Waals surface area contributed by atoms with E-state index in [1.165, 1.54) is 13.8 Å². The molecule has 0 aliphatic heterocycles. The highest BCUT2D eigenvalue weighted by molar-refractivity contribution is 4.78. The van der Waals surface area contributed by atoms with Crippen LogP contribution in [0, 0.1) is 17.2 Å². The summed E-state index contributed by atoms with van der Waals surface area (Å²) in [7, 11) is 0. The molecule has 0 aliphatic rings. The molecule has 10 heavy (non-hydrogen) atoms. The minimum absolute atomic E-state index is 0.0643. The molecule has 0 aromatic carbocycles. The van der Waals surface area contributed by atoms with Gasteiger partial charge in [0.05, 0.1) is 6.07 Å². The van der Waals surface area contributed by atoms with E-state index in [0.717, 1.165) is 0 Å². The van der Waals surface area contributed by atoms with Crippen LogP contribution >= 0.6 is 0 Å². The van der Waals surface area contributed by atoms with Gasteiger partial charge in [0.1, 0.15) is 0 Å². The number of nitriles is 1. The standard InChI is InChI=1S/C7H11F2N/c1-6(2)7(8,9)4-3-5-10/h6H,3-4H2,1-2H3. The fourth-order valence-corrected chi connectivity index (χ4v) is 0.511. The molecule has 0 aliphatic carbocycles. The van der Waals surface area contributed by atoms with Gasteiger partial charge in [-0.25, -0.2) is 8.78 Å². The van der Waals surface area contributed by atoms with Crippen molar-refractivity contribution in [1.29, 1.82) is 5.26 Å². The monoisotopic (exact) mass is 147 g/mol. The Morgan fingerprint density at radius 1 is 1.50 bits per heavy atom. The predicted molar refractivity (Wildman–Crippen MR) is 34.6 cm³/mol. The molecule has 0 aromatic rings. The van der Waals surface area contributed by atoms with Crippen molar-refractivity contribution in [3.8, 4) is 6.07 Å². The molecule has 0 radical (unpaired) electrons. The molecule has 0 heterocycles. The highest BCUT2D eigenvalue weighted by atomic mass is 19.3. The van der Waals surface area contributed by atoms with Crippen molar-refractivity contribution in [3.05, 3.63) is 0 Å². The summed E-state index contributed by atoms with van der Waals surface area (Å²) >= 11 is 0. The van der Waals surface area contributed by atoms with Gasteiger partial charge in [0.25, 0.3) is 5.92 Å². The third kappa shape index (κ3) is 2.77. The van der Waals surface area contributed by atoms with E-state index in [4.69, 9.17) is 5.26 Å². The van der Waals surface area contributed by atoms with Crippen molar-refractivity contribution in [1.82, 2.24) is 0 Å². The first kappa shape index (κ1) is 9.35. The fourth-order valence-electron chi connectivity index (χ4n) is 0.511. The lowest BCUT2D eigenvalue weighted by Gasteiger charge is -2.18. The fraction of sp³-hybridized carbons (Fsp3) is 0.857. The predicted octanol–water partition coefficient (Wildman–Crippen LogP) is 2.58. The van der Waals surface area contributed by atoms with Crippen molar-refractivity contribution in [2.45, 2.75) is 32.6 Å². The van der Waals surface area contributed by atoms with Crippen LogP contribution in [0.3, 0.4) is 0 Å². The van der Waals surface area contributed by atoms with E-state index in [1.807, 2.05) is 0 Å². The summed E-state index contributed by atoms with van der Waals surface area (Å²) in [5.74, 6) is -3.34. The van der Waals surface area contributed by atoms with E-state index in [1.54, 1.807) is 6.07 Å². The zero-order chi connectivity index (χ0) is 8.20. The highest BCUT2D eigenvalue weighted by Gasteiger charge is 2.32. The van der Waals surface area contributed by atoms with Gasteiger partial charge in [0.15, 0.2) is 0 Å². The second kappa shape index (κ2) is 3.50. The van der Waals surface area contributed by atoms with Crippen LogP contribution in [0.4, 0.5) is 8.78 Å². The smallest absolute Gasteiger partial charge is 0.207 e.